The van der Waals surface area contributed by atoms with Crippen molar-refractivity contribution in [2.75, 3.05) is 5.73 Å². The van der Waals surface area contributed by atoms with Gasteiger partial charge in [-0.05, 0) is 32.0 Å². The zero-order valence-electron chi connectivity index (χ0n) is 10.4. The molecule has 0 fully saturated rings. The molecular weight excluding hydrogens is 286 g/mol. The molecule has 0 atom stereocenters. The van der Waals surface area contributed by atoms with Gasteiger partial charge in [0, 0.05) is 5.56 Å². The van der Waals surface area contributed by atoms with Crippen LogP contribution in [0.15, 0.2) is 18.2 Å². The van der Waals surface area contributed by atoms with Crippen LogP contribution >= 0.6 is 11.3 Å². The Labute approximate surface area is 114 Å². The Morgan fingerprint density at radius 2 is 2.11 bits per heavy atom. The number of carbonyl (C=O) groups excluding carboxylic acids is 1. The van der Waals surface area contributed by atoms with E-state index >= 15 is 0 Å². The minimum atomic E-state index is -3.63. The third-order valence-electron chi connectivity index (χ3n) is 2.52. The van der Waals surface area contributed by atoms with E-state index in [9.17, 15) is 13.2 Å². The SMILES string of the molecule is CC(C)S(=O)(=O)NC(=O)c1ccc2nc(N)sc2c1. The Kier molecular flexibility index (Phi) is 3.46. The monoisotopic (exact) mass is 299 g/mol. The Bertz CT molecular complexity index is 735. The van der Waals surface area contributed by atoms with Gasteiger partial charge in [0.15, 0.2) is 5.13 Å². The van der Waals surface area contributed by atoms with E-state index in [-0.39, 0.29) is 5.56 Å². The van der Waals surface area contributed by atoms with Gasteiger partial charge in [-0.2, -0.15) is 0 Å². The second-order valence-electron chi connectivity index (χ2n) is 4.26. The van der Waals surface area contributed by atoms with Crippen LogP contribution in [-0.4, -0.2) is 24.6 Å². The zero-order valence-corrected chi connectivity index (χ0v) is 12.0. The van der Waals surface area contributed by atoms with Crippen molar-refractivity contribution in [3.63, 3.8) is 0 Å². The molecule has 102 valence electrons. The normalized spacial score (nSPS) is 11.9. The molecule has 0 bridgehead atoms. The van der Waals surface area contributed by atoms with E-state index in [1.54, 1.807) is 12.1 Å². The number of nitrogens with one attached hydrogen (secondary N) is 1. The first-order valence-corrected chi connectivity index (χ1v) is 7.88. The summed E-state index contributed by atoms with van der Waals surface area (Å²) in [7, 11) is -3.63. The number of carbonyl (C=O) groups is 1. The van der Waals surface area contributed by atoms with Crippen molar-refractivity contribution in [3.05, 3.63) is 23.8 Å². The molecule has 0 aliphatic rings. The summed E-state index contributed by atoms with van der Waals surface area (Å²) in [6.45, 7) is 3.01. The third kappa shape index (κ3) is 2.85. The number of anilines is 1. The molecule has 0 saturated carbocycles. The second kappa shape index (κ2) is 4.78. The lowest BCUT2D eigenvalue weighted by Crippen LogP contribution is -2.35. The van der Waals surface area contributed by atoms with Gasteiger partial charge in [-0.1, -0.05) is 11.3 Å². The molecule has 2 rings (SSSR count). The summed E-state index contributed by atoms with van der Waals surface area (Å²) < 4.78 is 26.0. The molecule has 0 unspecified atom stereocenters. The van der Waals surface area contributed by atoms with Gasteiger partial charge >= 0.3 is 0 Å². The van der Waals surface area contributed by atoms with Gasteiger partial charge in [-0.15, -0.1) is 0 Å². The van der Waals surface area contributed by atoms with Gasteiger partial charge in [0.2, 0.25) is 10.0 Å². The summed E-state index contributed by atoms with van der Waals surface area (Å²) in [4.78, 5) is 15.9. The van der Waals surface area contributed by atoms with Crippen molar-refractivity contribution < 1.29 is 13.2 Å². The minimum Gasteiger partial charge on any atom is -0.375 e. The number of nitrogens with two attached hydrogens (primary N) is 1. The van der Waals surface area contributed by atoms with Crippen LogP contribution in [0.3, 0.4) is 0 Å². The average molecular weight is 299 g/mol. The highest BCUT2D eigenvalue weighted by Gasteiger charge is 2.20. The van der Waals surface area contributed by atoms with Crippen LogP contribution in [0.4, 0.5) is 5.13 Å². The van der Waals surface area contributed by atoms with Gasteiger partial charge < -0.3 is 5.73 Å². The fraction of sp³-hybridized carbons (Fsp3) is 0.273. The minimum absolute atomic E-state index is 0.264. The number of aromatic nitrogens is 1. The van der Waals surface area contributed by atoms with Crippen LogP contribution in [0.2, 0.25) is 0 Å². The molecular formula is C11H13N3O3S2. The lowest BCUT2D eigenvalue weighted by atomic mass is 10.2. The number of benzene rings is 1. The summed E-state index contributed by atoms with van der Waals surface area (Å²) >= 11 is 1.25. The van der Waals surface area contributed by atoms with Crippen molar-refractivity contribution in [1.82, 2.24) is 9.71 Å². The highest BCUT2D eigenvalue weighted by molar-refractivity contribution is 7.90. The van der Waals surface area contributed by atoms with Gasteiger partial charge in [0.05, 0.1) is 15.5 Å². The second-order valence-corrected chi connectivity index (χ2v) is 7.56. The summed E-state index contributed by atoms with van der Waals surface area (Å²) in [5.41, 5.74) is 6.52. The van der Waals surface area contributed by atoms with E-state index in [1.807, 2.05) is 4.72 Å². The number of fused-ring (bicyclic) bond motifs is 1. The van der Waals surface area contributed by atoms with Crippen molar-refractivity contribution in [2.24, 2.45) is 0 Å². The fourth-order valence-electron chi connectivity index (χ4n) is 1.39. The van der Waals surface area contributed by atoms with E-state index in [2.05, 4.69) is 4.98 Å². The highest BCUT2D eigenvalue weighted by Crippen LogP contribution is 2.24. The van der Waals surface area contributed by atoms with Crippen LogP contribution < -0.4 is 10.5 Å². The highest BCUT2D eigenvalue weighted by atomic mass is 32.2. The molecule has 6 nitrogen and oxygen atoms in total. The lowest BCUT2D eigenvalue weighted by Gasteiger charge is -2.09. The predicted molar refractivity (Wildman–Crippen MR) is 75.6 cm³/mol. The number of sulfonamides is 1. The van der Waals surface area contributed by atoms with Crippen LogP contribution in [-0.2, 0) is 10.0 Å². The number of hydrogen-bond acceptors (Lipinski definition) is 6. The summed E-state index contributed by atoms with van der Waals surface area (Å²) in [6.07, 6.45) is 0. The number of nitrogen functional groups attached to an aromatic ring is 1. The van der Waals surface area contributed by atoms with Gasteiger partial charge in [-0.3, -0.25) is 4.79 Å². The fourth-order valence-corrected chi connectivity index (χ4v) is 2.78. The Hall–Kier alpha value is -1.67. The standard InChI is InChI=1S/C11H13N3O3S2/c1-6(2)19(16,17)14-10(15)7-3-4-8-9(5-7)18-11(12)13-8/h3-6H,1-2H3,(H2,12,13)(H,14,15). The first-order valence-electron chi connectivity index (χ1n) is 5.51. The molecule has 1 aromatic heterocycles. The molecule has 0 spiro atoms. The van der Waals surface area contributed by atoms with E-state index in [1.165, 1.54) is 31.3 Å². The molecule has 19 heavy (non-hydrogen) atoms. The van der Waals surface area contributed by atoms with Crippen LogP contribution in [0.25, 0.3) is 10.2 Å². The summed E-state index contributed by atoms with van der Waals surface area (Å²) in [5, 5.41) is -0.262. The van der Waals surface area contributed by atoms with Crippen LogP contribution in [0.5, 0.6) is 0 Å². The lowest BCUT2D eigenvalue weighted by molar-refractivity contribution is 0.0981. The molecule has 0 aliphatic carbocycles. The Balaban J connectivity index is 2.31. The molecule has 8 heteroatoms. The quantitative estimate of drug-likeness (QED) is 0.890. The molecule has 1 amide bonds. The van der Waals surface area contributed by atoms with E-state index < -0.39 is 21.2 Å². The smallest absolute Gasteiger partial charge is 0.264 e. The summed E-state index contributed by atoms with van der Waals surface area (Å²) in [5.74, 6) is -0.650. The van der Waals surface area contributed by atoms with Crippen molar-refractivity contribution >= 4 is 42.6 Å². The van der Waals surface area contributed by atoms with Crippen molar-refractivity contribution in [3.8, 4) is 0 Å². The number of nitrogens with zero attached hydrogens (tertiary/aromatic N) is 1. The number of hydrogen-bond donors (Lipinski definition) is 2. The Morgan fingerprint density at radius 3 is 2.74 bits per heavy atom. The van der Waals surface area contributed by atoms with Gasteiger partial charge in [0.25, 0.3) is 5.91 Å². The average Bonchev–Trinajstić information content (AvgIpc) is 2.66. The Morgan fingerprint density at radius 1 is 1.42 bits per heavy atom. The third-order valence-corrected chi connectivity index (χ3v) is 5.08. The molecule has 2 aromatic rings. The van der Waals surface area contributed by atoms with E-state index in [4.69, 9.17) is 5.73 Å². The van der Waals surface area contributed by atoms with Gasteiger partial charge in [0.1, 0.15) is 0 Å². The zero-order chi connectivity index (χ0) is 14.2. The number of rotatable bonds is 3. The molecule has 3 N–H and O–H groups in total. The predicted octanol–water partition coefficient (Wildman–Crippen LogP) is 1.35. The van der Waals surface area contributed by atoms with E-state index in [0.717, 1.165) is 4.70 Å². The van der Waals surface area contributed by atoms with E-state index in [0.29, 0.717) is 10.6 Å². The largest absolute Gasteiger partial charge is 0.375 e. The topological polar surface area (TPSA) is 102 Å². The number of amides is 1. The first kappa shape index (κ1) is 13.8. The maximum atomic E-state index is 11.9. The molecule has 0 aliphatic heterocycles. The van der Waals surface area contributed by atoms with Crippen molar-refractivity contribution in [2.45, 2.75) is 19.1 Å². The maximum Gasteiger partial charge on any atom is 0.264 e. The van der Waals surface area contributed by atoms with Gasteiger partial charge in [-0.25, -0.2) is 18.1 Å². The maximum absolute atomic E-state index is 11.9. The first-order chi connectivity index (χ1) is 8.79. The molecule has 0 saturated heterocycles. The number of thiazole rings is 1. The van der Waals surface area contributed by atoms with Crippen LogP contribution in [0, 0.1) is 0 Å². The molecule has 1 aromatic carbocycles. The van der Waals surface area contributed by atoms with Crippen molar-refractivity contribution in [1.29, 1.82) is 0 Å². The summed E-state index contributed by atoms with van der Waals surface area (Å²) in [6, 6.07) is 4.74. The van der Waals surface area contributed by atoms with Crippen LogP contribution in [0.1, 0.15) is 24.2 Å². The molecule has 1 heterocycles. The molecule has 0 radical (unpaired) electrons.